The maximum Gasteiger partial charge on any atom is 0.326 e. The number of carbonyl (C=O) groups excluding carboxylic acids is 1. The fourth-order valence-corrected chi connectivity index (χ4v) is 3.17. The molecule has 2 aromatic rings. The number of piperidine rings is 1. The summed E-state index contributed by atoms with van der Waals surface area (Å²) in [6.45, 7) is 1.44. The van der Waals surface area contributed by atoms with Crippen molar-refractivity contribution in [1.82, 2.24) is 14.5 Å². The Balaban J connectivity index is 1.82. The molecular weight excluding hydrogens is 262 g/mol. The SMILES string of the molecule is O=CN1CCC(n2cc(-c3ccsc3)[nH]c2=O)CC1. The Morgan fingerprint density at radius 1 is 1.37 bits per heavy atom. The molecular formula is C13H15N3O2S. The van der Waals surface area contributed by atoms with Gasteiger partial charge in [-0.25, -0.2) is 4.79 Å². The van der Waals surface area contributed by atoms with E-state index in [2.05, 4.69) is 4.98 Å². The third kappa shape index (κ3) is 2.35. The molecule has 0 aromatic carbocycles. The van der Waals surface area contributed by atoms with E-state index in [-0.39, 0.29) is 11.7 Å². The molecule has 0 spiro atoms. The molecule has 100 valence electrons. The van der Waals surface area contributed by atoms with Gasteiger partial charge in [-0.3, -0.25) is 9.36 Å². The van der Waals surface area contributed by atoms with Crippen LogP contribution in [0.5, 0.6) is 0 Å². The Hall–Kier alpha value is -1.82. The highest BCUT2D eigenvalue weighted by Gasteiger charge is 2.21. The Morgan fingerprint density at radius 3 is 2.79 bits per heavy atom. The van der Waals surface area contributed by atoms with Crippen molar-refractivity contribution in [2.75, 3.05) is 13.1 Å². The Kier molecular flexibility index (Phi) is 3.25. The maximum atomic E-state index is 12.0. The van der Waals surface area contributed by atoms with Gasteiger partial charge in [0.1, 0.15) is 0 Å². The molecule has 1 amide bonds. The van der Waals surface area contributed by atoms with Gasteiger partial charge in [-0.05, 0) is 24.3 Å². The molecule has 0 atom stereocenters. The topological polar surface area (TPSA) is 58.1 Å². The van der Waals surface area contributed by atoms with Crippen molar-refractivity contribution in [2.24, 2.45) is 0 Å². The number of thiophene rings is 1. The second-order valence-electron chi connectivity index (χ2n) is 4.76. The van der Waals surface area contributed by atoms with Gasteiger partial charge in [-0.15, -0.1) is 0 Å². The highest BCUT2D eigenvalue weighted by atomic mass is 32.1. The molecule has 2 aromatic heterocycles. The largest absolute Gasteiger partial charge is 0.345 e. The quantitative estimate of drug-likeness (QED) is 0.868. The van der Waals surface area contributed by atoms with E-state index in [0.717, 1.165) is 43.6 Å². The van der Waals surface area contributed by atoms with E-state index in [1.807, 2.05) is 23.0 Å². The van der Waals surface area contributed by atoms with Crippen molar-refractivity contribution in [3.8, 4) is 11.3 Å². The zero-order valence-electron chi connectivity index (χ0n) is 10.4. The number of rotatable bonds is 3. The number of hydrogen-bond donors (Lipinski definition) is 1. The first kappa shape index (κ1) is 12.2. The van der Waals surface area contributed by atoms with Crippen molar-refractivity contribution in [2.45, 2.75) is 18.9 Å². The van der Waals surface area contributed by atoms with Crippen LogP contribution in [0.2, 0.25) is 0 Å². The number of imidazole rings is 1. The normalized spacial score (nSPS) is 16.7. The molecule has 3 rings (SSSR count). The molecule has 1 aliphatic heterocycles. The van der Waals surface area contributed by atoms with Crippen LogP contribution in [0.25, 0.3) is 11.3 Å². The average molecular weight is 277 g/mol. The molecule has 0 aliphatic carbocycles. The van der Waals surface area contributed by atoms with Crippen LogP contribution < -0.4 is 5.69 Å². The molecule has 1 N–H and O–H groups in total. The highest BCUT2D eigenvalue weighted by molar-refractivity contribution is 7.08. The highest BCUT2D eigenvalue weighted by Crippen LogP contribution is 2.24. The lowest BCUT2D eigenvalue weighted by molar-refractivity contribution is -0.119. The molecule has 1 aliphatic rings. The standard InChI is InChI=1S/C13H15N3O2S/c17-9-15-4-1-11(2-5-15)16-7-12(14-13(16)18)10-3-6-19-8-10/h3,6-9,11H,1-2,4-5H2,(H,14,18). The minimum Gasteiger partial charge on any atom is -0.345 e. The molecule has 3 heterocycles. The lowest BCUT2D eigenvalue weighted by atomic mass is 10.1. The number of amides is 1. The third-order valence-corrected chi connectivity index (χ3v) is 4.30. The molecule has 6 heteroatoms. The van der Waals surface area contributed by atoms with Crippen LogP contribution >= 0.6 is 11.3 Å². The van der Waals surface area contributed by atoms with Gasteiger partial charge in [0.15, 0.2) is 0 Å². The summed E-state index contributed by atoms with van der Waals surface area (Å²) in [6.07, 6.45) is 4.44. The summed E-state index contributed by atoms with van der Waals surface area (Å²) in [5.41, 5.74) is 1.85. The van der Waals surface area contributed by atoms with E-state index >= 15 is 0 Å². The summed E-state index contributed by atoms with van der Waals surface area (Å²) in [7, 11) is 0. The van der Waals surface area contributed by atoms with Crippen LogP contribution in [-0.4, -0.2) is 34.0 Å². The molecule has 0 bridgehead atoms. The molecule has 1 saturated heterocycles. The summed E-state index contributed by atoms with van der Waals surface area (Å²) in [6, 6.07) is 2.18. The van der Waals surface area contributed by atoms with E-state index in [1.165, 1.54) is 0 Å². The van der Waals surface area contributed by atoms with Crippen molar-refractivity contribution < 1.29 is 4.79 Å². The average Bonchev–Trinajstić information content (AvgIpc) is 3.08. The first-order chi connectivity index (χ1) is 9.28. The predicted octanol–water partition coefficient (Wildman–Crippen LogP) is 1.70. The minimum atomic E-state index is -0.0641. The van der Waals surface area contributed by atoms with Crippen molar-refractivity contribution in [1.29, 1.82) is 0 Å². The summed E-state index contributed by atoms with van der Waals surface area (Å²) in [5, 5.41) is 4.01. The van der Waals surface area contributed by atoms with Crippen LogP contribution in [-0.2, 0) is 4.79 Å². The first-order valence-electron chi connectivity index (χ1n) is 6.31. The van der Waals surface area contributed by atoms with Gasteiger partial charge >= 0.3 is 5.69 Å². The maximum absolute atomic E-state index is 12.0. The van der Waals surface area contributed by atoms with Crippen LogP contribution in [0.1, 0.15) is 18.9 Å². The number of nitrogens with one attached hydrogen (secondary N) is 1. The Morgan fingerprint density at radius 2 is 2.16 bits per heavy atom. The lowest BCUT2D eigenvalue weighted by Gasteiger charge is -2.29. The van der Waals surface area contributed by atoms with E-state index in [9.17, 15) is 9.59 Å². The van der Waals surface area contributed by atoms with Gasteiger partial charge in [0, 0.05) is 36.3 Å². The van der Waals surface area contributed by atoms with Gasteiger partial charge in [0.25, 0.3) is 0 Å². The van der Waals surface area contributed by atoms with E-state index in [4.69, 9.17) is 0 Å². The van der Waals surface area contributed by atoms with Crippen LogP contribution in [0.15, 0.2) is 27.8 Å². The fraction of sp³-hybridized carbons (Fsp3) is 0.385. The summed E-state index contributed by atoms with van der Waals surface area (Å²) in [5.74, 6) is 0. The molecule has 1 fully saturated rings. The zero-order chi connectivity index (χ0) is 13.2. The van der Waals surface area contributed by atoms with E-state index in [1.54, 1.807) is 20.8 Å². The van der Waals surface area contributed by atoms with Crippen LogP contribution in [0, 0.1) is 0 Å². The second-order valence-corrected chi connectivity index (χ2v) is 5.54. The monoisotopic (exact) mass is 277 g/mol. The predicted molar refractivity (Wildman–Crippen MR) is 74.3 cm³/mol. The van der Waals surface area contributed by atoms with Gasteiger partial charge in [0.05, 0.1) is 5.69 Å². The number of nitrogens with zero attached hydrogens (tertiary/aromatic N) is 2. The van der Waals surface area contributed by atoms with E-state index < -0.39 is 0 Å². The number of H-pyrrole nitrogens is 1. The Bertz CT molecular complexity index is 606. The lowest BCUT2D eigenvalue weighted by Crippen LogP contribution is -2.35. The summed E-state index contributed by atoms with van der Waals surface area (Å²) in [4.78, 5) is 27.4. The Labute approximate surface area is 114 Å². The smallest absolute Gasteiger partial charge is 0.326 e. The molecule has 5 nitrogen and oxygen atoms in total. The number of likely N-dealkylation sites (tertiary alicyclic amines) is 1. The summed E-state index contributed by atoms with van der Waals surface area (Å²) >= 11 is 1.61. The minimum absolute atomic E-state index is 0.0641. The first-order valence-corrected chi connectivity index (χ1v) is 7.25. The number of aromatic nitrogens is 2. The third-order valence-electron chi connectivity index (χ3n) is 3.62. The molecule has 0 unspecified atom stereocenters. The van der Waals surface area contributed by atoms with Crippen molar-refractivity contribution >= 4 is 17.7 Å². The zero-order valence-corrected chi connectivity index (χ0v) is 11.2. The van der Waals surface area contributed by atoms with E-state index in [0.29, 0.717) is 0 Å². The second kappa shape index (κ2) is 5.05. The molecule has 0 saturated carbocycles. The number of aromatic amines is 1. The van der Waals surface area contributed by atoms with Gasteiger partial charge in [0.2, 0.25) is 6.41 Å². The number of hydrogen-bond acceptors (Lipinski definition) is 3. The van der Waals surface area contributed by atoms with Crippen molar-refractivity contribution in [3.63, 3.8) is 0 Å². The molecule has 0 radical (unpaired) electrons. The molecule has 19 heavy (non-hydrogen) atoms. The van der Waals surface area contributed by atoms with Crippen LogP contribution in [0.4, 0.5) is 0 Å². The van der Waals surface area contributed by atoms with Crippen LogP contribution in [0.3, 0.4) is 0 Å². The van der Waals surface area contributed by atoms with Gasteiger partial charge in [-0.2, -0.15) is 11.3 Å². The van der Waals surface area contributed by atoms with Gasteiger partial charge < -0.3 is 9.88 Å². The van der Waals surface area contributed by atoms with Crippen molar-refractivity contribution in [3.05, 3.63) is 33.5 Å². The number of carbonyl (C=O) groups is 1. The summed E-state index contributed by atoms with van der Waals surface area (Å²) < 4.78 is 1.77. The fourth-order valence-electron chi connectivity index (χ4n) is 2.51. The van der Waals surface area contributed by atoms with Gasteiger partial charge in [-0.1, -0.05) is 0 Å².